The van der Waals surface area contributed by atoms with E-state index in [1.807, 2.05) is 12.1 Å². The Hall–Kier alpha value is -1.55. The van der Waals surface area contributed by atoms with E-state index >= 15 is 0 Å². The maximum absolute atomic E-state index is 12.2. The number of methoxy groups -OCH3 is 1. The Labute approximate surface area is 140 Å². The van der Waals surface area contributed by atoms with Crippen molar-refractivity contribution in [1.29, 1.82) is 0 Å². The summed E-state index contributed by atoms with van der Waals surface area (Å²) in [7, 11) is 1.68. The number of nitrogens with one attached hydrogen (secondary N) is 1. The van der Waals surface area contributed by atoms with Gasteiger partial charge < -0.3 is 10.1 Å². The minimum atomic E-state index is 0.0212. The zero-order valence-corrected chi connectivity index (χ0v) is 14.9. The number of carbonyl (C=O) groups excluding carboxylic acids is 1. The third kappa shape index (κ3) is 5.54. The smallest absolute Gasteiger partial charge is 0.220 e. The summed E-state index contributed by atoms with van der Waals surface area (Å²) in [5, 5.41) is 3.13. The number of likely N-dealkylation sites (tertiary alicyclic amines) is 1. The van der Waals surface area contributed by atoms with Crippen molar-refractivity contribution >= 4 is 5.91 Å². The summed E-state index contributed by atoms with van der Waals surface area (Å²) in [6, 6.07) is 8.45. The lowest BCUT2D eigenvalue weighted by atomic mass is 9.92. The van der Waals surface area contributed by atoms with Crippen LogP contribution in [-0.2, 0) is 4.79 Å². The zero-order chi connectivity index (χ0) is 16.9. The average Bonchev–Trinajstić information content (AvgIpc) is 3.00. The number of hydrogen-bond donors (Lipinski definition) is 1. The normalized spacial score (nSPS) is 17.0. The maximum Gasteiger partial charge on any atom is 0.220 e. The molecule has 1 N–H and O–H groups in total. The summed E-state index contributed by atoms with van der Waals surface area (Å²) >= 11 is 0. The van der Waals surface area contributed by atoms with Crippen LogP contribution in [0.15, 0.2) is 24.3 Å². The predicted molar refractivity (Wildman–Crippen MR) is 93.6 cm³/mol. The van der Waals surface area contributed by atoms with Crippen molar-refractivity contribution in [1.82, 2.24) is 10.2 Å². The Morgan fingerprint density at radius 1 is 1.22 bits per heavy atom. The van der Waals surface area contributed by atoms with Gasteiger partial charge in [-0.05, 0) is 49.0 Å². The van der Waals surface area contributed by atoms with Gasteiger partial charge >= 0.3 is 0 Å². The van der Waals surface area contributed by atoms with E-state index in [9.17, 15) is 4.79 Å². The first kappa shape index (κ1) is 17.8. The first-order valence-corrected chi connectivity index (χ1v) is 8.54. The molecule has 2 rings (SSSR count). The minimum absolute atomic E-state index is 0.0212. The van der Waals surface area contributed by atoms with Crippen LogP contribution in [0, 0.1) is 5.41 Å². The highest BCUT2D eigenvalue weighted by atomic mass is 16.5. The van der Waals surface area contributed by atoms with Crippen LogP contribution in [0.4, 0.5) is 0 Å². The summed E-state index contributed by atoms with van der Waals surface area (Å²) in [5.41, 5.74) is 1.26. The Morgan fingerprint density at radius 2 is 1.83 bits per heavy atom. The van der Waals surface area contributed by atoms with Crippen molar-refractivity contribution in [2.75, 3.05) is 26.7 Å². The van der Waals surface area contributed by atoms with E-state index in [1.165, 1.54) is 18.4 Å². The second kappa shape index (κ2) is 7.82. The molecule has 0 bridgehead atoms. The summed E-state index contributed by atoms with van der Waals surface area (Å²) < 4.78 is 5.24. The van der Waals surface area contributed by atoms with E-state index in [-0.39, 0.29) is 17.4 Å². The van der Waals surface area contributed by atoms with Crippen molar-refractivity contribution < 1.29 is 9.53 Å². The molecule has 1 saturated heterocycles. The number of benzene rings is 1. The molecule has 0 radical (unpaired) electrons. The first-order chi connectivity index (χ1) is 10.9. The van der Waals surface area contributed by atoms with Gasteiger partial charge in [0.1, 0.15) is 5.75 Å². The molecule has 128 valence electrons. The van der Waals surface area contributed by atoms with Gasteiger partial charge in [0.05, 0.1) is 13.2 Å². The molecular formula is C19H30N2O2. The Morgan fingerprint density at radius 3 is 2.35 bits per heavy atom. The number of amides is 1. The average molecular weight is 318 g/mol. The fourth-order valence-electron chi connectivity index (χ4n) is 3.09. The van der Waals surface area contributed by atoms with Crippen LogP contribution in [0.3, 0.4) is 0 Å². The van der Waals surface area contributed by atoms with E-state index in [0.29, 0.717) is 13.0 Å². The number of carbonyl (C=O) groups is 1. The summed E-state index contributed by atoms with van der Waals surface area (Å²) in [4.78, 5) is 14.6. The fourth-order valence-corrected chi connectivity index (χ4v) is 3.09. The van der Waals surface area contributed by atoms with E-state index in [1.54, 1.807) is 7.11 Å². The van der Waals surface area contributed by atoms with Gasteiger partial charge in [-0.3, -0.25) is 9.69 Å². The molecule has 0 aromatic heterocycles. The molecule has 1 aliphatic heterocycles. The molecule has 1 amide bonds. The topological polar surface area (TPSA) is 41.6 Å². The summed E-state index contributed by atoms with van der Waals surface area (Å²) in [6.07, 6.45) is 3.04. The second-order valence-corrected chi connectivity index (χ2v) is 7.57. The Bertz CT molecular complexity index is 499. The fraction of sp³-hybridized carbons (Fsp3) is 0.632. The van der Waals surface area contributed by atoms with Gasteiger partial charge in [0.15, 0.2) is 0 Å². The van der Waals surface area contributed by atoms with Crippen LogP contribution in [0.25, 0.3) is 0 Å². The lowest BCUT2D eigenvalue weighted by Crippen LogP contribution is -2.37. The van der Waals surface area contributed by atoms with Crippen LogP contribution >= 0.6 is 0 Å². The van der Waals surface area contributed by atoms with Crippen LogP contribution in [-0.4, -0.2) is 37.6 Å². The van der Waals surface area contributed by atoms with Gasteiger partial charge in [-0.25, -0.2) is 0 Å². The Balaban J connectivity index is 2.03. The second-order valence-electron chi connectivity index (χ2n) is 7.57. The van der Waals surface area contributed by atoms with Crippen molar-refractivity contribution in [3.8, 4) is 5.75 Å². The molecule has 1 unspecified atom stereocenters. The van der Waals surface area contributed by atoms with E-state index in [4.69, 9.17) is 4.74 Å². The van der Waals surface area contributed by atoms with Gasteiger partial charge in [0, 0.05) is 13.0 Å². The molecule has 1 heterocycles. The van der Waals surface area contributed by atoms with Crippen molar-refractivity contribution in [2.45, 2.75) is 46.1 Å². The van der Waals surface area contributed by atoms with Gasteiger partial charge in [-0.1, -0.05) is 32.9 Å². The van der Waals surface area contributed by atoms with Crippen LogP contribution in [0.5, 0.6) is 5.75 Å². The highest BCUT2D eigenvalue weighted by molar-refractivity contribution is 5.76. The number of hydrogen-bond acceptors (Lipinski definition) is 3. The Kier molecular flexibility index (Phi) is 6.05. The molecule has 1 aromatic carbocycles. The van der Waals surface area contributed by atoms with Crippen LogP contribution < -0.4 is 10.1 Å². The van der Waals surface area contributed by atoms with E-state index in [2.05, 4.69) is 43.1 Å². The van der Waals surface area contributed by atoms with Gasteiger partial charge in [0.2, 0.25) is 5.91 Å². The largest absolute Gasteiger partial charge is 0.497 e. The van der Waals surface area contributed by atoms with Gasteiger partial charge in [-0.15, -0.1) is 0 Å². The van der Waals surface area contributed by atoms with Crippen LogP contribution in [0.1, 0.15) is 51.6 Å². The predicted octanol–water partition coefficient (Wildman–Crippen LogP) is 3.38. The third-order valence-electron chi connectivity index (χ3n) is 4.27. The molecule has 1 atom stereocenters. The molecule has 0 aliphatic carbocycles. The van der Waals surface area contributed by atoms with Gasteiger partial charge in [0.25, 0.3) is 0 Å². The molecule has 1 fully saturated rings. The number of nitrogens with zero attached hydrogens (tertiary/aromatic N) is 1. The molecule has 4 heteroatoms. The lowest BCUT2D eigenvalue weighted by Gasteiger charge is -2.29. The van der Waals surface area contributed by atoms with Crippen molar-refractivity contribution in [3.05, 3.63) is 29.8 Å². The number of ether oxygens (including phenoxy) is 1. The van der Waals surface area contributed by atoms with Crippen molar-refractivity contribution in [2.24, 2.45) is 5.41 Å². The molecule has 23 heavy (non-hydrogen) atoms. The molecule has 1 aromatic rings. The molecule has 4 nitrogen and oxygen atoms in total. The number of rotatable bonds is 6. The third-order valence-corrected chi connectivity index (χ3v) is 4.27. The quantitative estimate of drug-likeness (QED) is 0.874. The minimum Gasteiger partial charge on any atom is -0.497 e. The highest BCUT2D eigenvalue weighted by Crippen LogP contribution is 2.26. The summed E-state index contributed by atoms with van der Waals surface area (Å²) in [6.45, 7) is 9.15. The molecule has 1 aliphatic rings. The molecule has 0 saturated carbocycles. The summed E-state index contributed by atoms with van der Waals surface area (Å²) in [5.74, 6) is 1.00. The van der Waals surface area contributed by atoms with Gasteiger partial charge in [-0.2, -0.15) is 0 Å². The van der Waals surface area contributed by atoms with Crippen molar-refractivity contribution in [3.63, 3.8) is 0 Å². The highest BCUT2D eigenvalue weighted by Gasteiger charge is 2.24. The zero-order valence-electron chi connectivity index (χ0n) is 14.9. The molecular weight excluding hydrogens is 288 g/mol. The standard InChI is InChI=1S/C19H30N2O2/c1-19(2,3)13-18(22)20-14-17(21-11-5-6-12-21)15-7-9-16(23-4)10-8-15/h7-10,17H,5-6,11-14H2,1-4H3,(H,20,22). The van der Waals surface area contributed by atoms with Crippen LogP contribution in [0.2, 0.25) is 0 Å². The first-order valence-electron chi connectivity index (χ1n) is 8.54. The lowest BCUT2D eigenvalue weighted by molar-refractivity contribution is -0.123. The van der Waals surface area contributed by atoms with E-state index < -0.39 is 0 Å². The maximum atomic E-state index is 12.2. The molecule has 0 spiro atoms. The SMILES string of the molecule is COc1ccc(C(CNC(=O)CC(C)(C)C)N2CCCC2)cc1. The van der Waals surface area contributed by atoms with E-state index in [0.717, 1.165) is 18.8 Å². The monoisotopic (exact) mass is 318 g/mol.